The largest absolute Gasteiger partial charge is 0.496 e. The maximum absolute atomic E-state index is 13.4. The van der Waals surface area contributed by atoms with Crippen LogP contribution in [-0.2, 0) is 6.18 Å². The zero-order valence-electron chi connectivity index (χ0n) is 8.48. The number of rotatable bonds is 2. The summed E-state index contributed by atoms with van der Waals surface area (Å²) in [6.07, 6.45) is -4.83. The van der Waals surface area contributed by atoms with Gasteiger partial charge in [0.2, 0.25) is 0 Å². The van der Waals surface area contributed by atoms with E-state index in [0.717, 1.165) is 20.1 Å². The third kappa shape index (κ3) is 2.15. The molecule has 0 aliphatic heterocycles. The molecule has 0 atom stereocenters. The predicted molar refractivity (Wildman–Crippen MR) is 48.0 cm³/mol. The van der Waals surface area contributed by atoms with Crippen molar-refractivity contribution in [3.05, 3.63) is 29.1 Å². The molecular weight excluding hydrogens is 228 g/mol. The van der Waals surface area contributed by atoms with Gasteiger partial charge in [-0.25, -0.2) is 4.39 Å². The molecule has 0 aliphatic carbocycles. The lowest BCUT2D eigenvalue weighted by molar-refractivity contribution is -0.140. The summed E-state index contributed by atoms with van der Waals surface area (Å²) in [5.41, 5.74) is -2.16. The molecule has 16 heavy (non-hydrogen) atoms. The summed E-state index contributed by atoms with van der Waals surface area (Å²) >= 11 is 0. The van der Waals surface area contributed by atoms with Gasteiger partial charge in [-0.2, -0.15) is 13.2 Å². The van der Waals surface area contributed by atoms with Gasteiger partial charge in [0, 0.05) is 0 Å². The lowest BCUT2D eigenvalue weighted by Crippen LogP contribution is -2.12. The minimum absolute atomic E-state index is 0.210. The molecule has 0 saturated carbocycles. The van der Waals surface area contributed by atoms with Gasteiger partial charge >= 0.3 is 6.18 Å². The van der Waals surface area contributed by atoms with Crippen LogP contribution in [0.4, 0.5) is 17.6 Å². The molecule has 0 radical (unpaired) electrons. The number of carbonyl (C=O) groups excluding carboxylic acids is 1. The predicted octanol–water partition coefficient (Wildman–Crippen LogP) is 3.06. The molecule has 2 nitrogen and oxygen atoms in total. The van der Waals surface area contributed by atoms with Gasteiger partial charge in [-0.05, 0) is 19.1 Å². The van der Waals surface area contributed by atoms with Gasteiger partial charge in [0.25, 0.3) is 0 Å². The number of carbonyl (C=O) groups is 1. The van der Waals surface area contributed by atoms with Crippen LogP contribution in [0.2, 0.25) is 0 Å². The highest BCUT2D eigenvalue weighted by atomic mass is 19.4. The van der Waals surface area contributed by atoms with E-state index in [0.29, 0.717) is 6.07 Å². The fraction of sp³-hybridized carbons (Fsp3) is 0.300. The van der Waals surface area contributed by atoms with Crippen molar-refractivity contribution in [1.82, 2.24) is 0 Å². The van der Waals surface area contributed by atoms with E-state index in [1.54, 1.807) is 0 Å². The number of alkyl halides is 3. The lowest BCUT2D eigenvalue weighted by atomic mass is 10.0. The summed E-state index contributed by atoms with van der Waals surface area (Å²) in [7, 11) is 1.15. The molecule has 1 aromatic carbocycles. The van der Waals surface area contributed by atoms with Gasteiger partial charge in [-0.1, -0.05) is 0 Å². The fourth-order valence-corrected chi connectivity index (χ4v) is 1.28. The highest BCUT2D eigenvalue weighted by molar-refractivity contribution is 5.97. The van der Waals surface area contributed by atoms with Crippen LogP contribution in [0.3, 0.4) is 0 Å². The van der Waals surface area contributed by atoms with E-state index in [1.165, 1.54) is 0 Å². The van der Waals surface area contributed by atoms with Crippen LogP contribution >= 0.6 is 0 Å². The van der Waals surface area contributed by atoms with E-state index in [-0.39, 0.29) is 5.75 Å². The molecular formula is C10H8F4O2. The third-order valence-electron chi connectivity index (χ3n) is 1.98. The number of ketones is 1. The number of benzene rings is 1. The van der Waals surface area contributed by atoms with Crippen molar-refractivity contribution in [3.63, 3.8) is 0 Å². The summed E-state index contributed by atoms with van der Waals surface area (Å²) in [5, 5.41) is 0. The first-order valence-electron chi connectivity index (χ1n) is 4.23. The van der Waals surface area contributed by atoms with Crippen LogP contribution in [0.1, 0.15) is 22.8 Å². The standard InChI is InChI=1S/C10H8F4O2/c1-5(15)8-7(16-2)4-3-6(9(8)11)10(12,13)14/h3-4H,1-2H3. The number of methoxy groups -OCH3 is 1. The van der Waals surface area contributed by atoms with Crippen LogP contribution in [-0.4, -0.2) is 12.9 Å². The molecule has 0 aromatic heterocycles. The first-order chi connectivity index (χ1) is 7.29. The summed E-state index contributed by atoms with van der Waals surface area (Å²) in [4.78, 5) is 11.0. The van der Waals surface area contributed by atoms with Crippen molar-refractivity contribution in [2.45, 2.75) is 13.1 Å². The van der Waals surface area contributed by atoms with Crippen molar-refractivity contribution in [2.75, 3.05) is 7.11 Å². The average Bonchev–Trinajstić information content (AvgIpc) is 2.14. The number of halogens is 4. The van der Waals surface area contributed by atoms with Crippen LogP contribution in [0.5, 0.6) is 5.75 Å². The Morgan fingerprint density at radius 3 is 2.25 bits per heavy atom. The second kappa shape index (κ2) is 4.11. The van der Waals surface area contributed by atoms with Crippen molar-refractivity contribution in [3.8, 4) is 5.75 Å². The van der Waals surface area contributed by atoms with E-state index < -0.39 is 28.9 Å². The Morgan fingerprint density at radius 1 is 1.31 bits per heavy atom. The number of hydrogen-bond acceptors (Lipinski definition) is 2. The monoisotopic (exact) mass is 236 g/mol. The molecule has 0 heterocycles. The van der Waals surface area contributed by atoms with E-state index in [4.69, 9.17) is 0 Å². The molecule has 0 fully saturated rings. The van der Waals surface area contributed by atoms with E-state index in [1.807, 2.05) is 0 Å². The Hall–Kier alpha value is -1.59. The van der Waals surface area contributed by atoms with Crippen LogP contribution in [0, 0.1) is 5.82 Å². The van der Waals surface area contributed by atoms with Gasteiger partial charge in [0.05, 0.1) is 18.2 Å². The van der Waals surface area contributed by atoms with Gasteiger partial charge in [-0.3, -0.25) is 4.79 Å². The first-order valence-corrected chi connectivity index (χ1v) is 4.23. The smallest absolute Gasteiger partial charge is 0.419 e. The topological polar surface area (TPSA) is 26.3 Å². The maximum Gasteiger partial charge on any atom is 0.419 e. The van der Waals surface area contributed by atoms with E-state index in [9.17, 15) is 22.4 Å². The lowest BCUT2D eigenvalue weighted by Gasteiger charge is -2.12. The first kappa shape index (κ1) is 12.5. The Morgan fingerprint density at radius 2 is 1.88 bits per heavy atom. The molecule has 88 valence electrons. The number of Topliss-reactive ketones (excluding diaryl/α,β-unsaturated/α-hetero) is 1. The van der Waals surface area contributed by atoms with Crippen molar-refractivity contribution in [1.29, 1.82) is 0 Å². The molecule has 1 rings (SSSR count). The highest BCUT2D eigenvalue weighted by Crippen LogP contribution is 2.35. The van der Waals surface area contributed by atoms with E-state index >= 15 is 0 Å². The maximum atomic E-state index is 13.4. The molecule has 0 unspecified atom stereocenters. The van der Waals surface area contributed by atoms with Gasteiger partial charge in [-0.15, -0.1) is 0 Å². The van der Waals surface area contributed by atoms with Crippen molar-refractivity contribution in [2.24, 2.45) is 0 Å². The van der Waals surface area contributed by atoms with Gasteiger partial charge < -0.3 is 4.74 Å². The molecule has 0 bridgehead atoms. The number of ether oxygens (including phenoxy) is 1. The minimum atomic E-state index is -4.83. The minimum Gasteiger partial charge on any atom is -0.496 e. The Bertz CT molecular complexity index is 424. The van der Waals surface area contributed by atoms with Crippen LogP contribution < -0.4 is 4.74 Å². The average molecular weight is 236 g/mol. The van der Waals surface area contributed by atoms with Crippen LogP contribution in [0.25, 0.3) is 0 Å². The Labute approximate surface area is 88.8 Å². The summed E-state index contributed by atoms with van der Waals surface area (Å²) in [5.74, 6) is -2.63. The SMILES string of the molecule is COc1ccc(C(F)(F)F)c(F)c1C(C)=O. The molecule has 0 aliphatic rings. The zero-order valence-corrected chi connectivity index (χ0v) is 8.48. The Balaban J connectivity index is 3.50. The summed E-state index contributed by atoms with van der Waals surface area (Å²) in [6.45, 7) is 0.973. The second-order valence-electron chi connectivity index (χ2n) is 3.06. The van der Waals surface area contributed by atoms with Crippen molar-refractivity contribution < 1.29 is 27.1 Å². The summed E-state index contributed by atoms with van der Waals surface area (Å²) < 4.78 is 55.1. The second-order valence-corrected chi connectivity index (χ2v) is 3.06. The quantitative estimate of drug-likeness (QED) is 0.582. The molecule has 0 spiro atoms. The molecule has 1 aromatic rings. The third-order valence-corrected chi connectivity index (χ3v) is 1.98. The molecule has 0 saturated heterocycles. The highest BCUT2D eigenvalue weighted by Gasteiger charge is 2.36. The van der Waals surface area contributed by atoms with Gasteiger partial charge in [0.1, 0.15) is 11.6 Å². The normalized spacial score (nSPS) is 11.4. The van der Waals surface area contributed by atoms with E-state index in [2.05, 4.69) is 4.74 Å². The van der Waals surface area contributed by atoms with Crippen molar-refractivity contribution >= 4 is 5.78 Å². The molecule has 6 heteroatoms. The summed E-state index contributed by atoms with van der Waals surface area (Å²) in [6, 6.07) is 1.46. The van der Waals surface area contributed by atoms with Crippen LogP contribution in [0.15, 0.2) is 12.1 Å². The number of hydrogen-bond donors (Lipinski definition) is 0. The molecule has 0 amide bonds. The Kier molecular flexibility index (Phi) is 3.21. The van der Waals surface area contributed by atoms with Gasteiger partial charge in [0.15, 0.2) is 5.78 Å². The zero-order chi connectivity index (χ0) is 12.5. The fourth-order valence-electron chi connectivity index (χ4n) is 1.28. The molecule has 0 N–H and O–H groups in total.